The summed E-state index contributed by atoms with van der Waals surface area (Å²) in [6, 6.07) is -0.628. The molecule has 0 bridgehead atoms. The van der Waals surface area contributed by atoms with Gasteiger partial charge in [-0.2, -0.15) is 0 Å². The van der Waals surface area contributed by atoms with Crippen LogP contribution in [0.5, 0.6) is 0 Å². The molecule has 6 nitrogen and oxygen atoms in total. The molecule has 0 aliphatic rings. The van der Waals surface area contributed by atoms with Crippen molar-refractivity contribution in [2.45, 2.75) is 379 Å². The number of allylic oxidation sites excluding steroid dienone is 3. The molecule has 3 N–H and O–H groups in total. The van der Waals surface area contributed by atoms with Crippen molar-refractivity contribution in [1.29, 1.82) is 0 Å². The molecule has 0 aromatic heterocycles. The van der Waals surface area contributed by atoms with E-state index in [2.05, 4.69) is 31.3 Å². The average molecular weight is 1030 g/mol. The highest BCUT2D eigenvalue weighted by molar-refractivity contribution is 5.76. The maximum Gasteiger partial charge on any atom is 0.305 e. The first-order valence-corrected chi connectivity index (χ1v) is 33.1. The van der Waals surface area contributed by atoms with Crippen molar-refractivity contribution in [2.75, 3.05) is 13.2 Å². The van der Waals surface area contributed by atoms with E-state index in [-0.39, 0.29) is 18.5 Å². The van der Waals surface area contributed by atoms with Crippen LogP contribution < -0.4 is 5.32 Å². The van der Waals surface area contributed by atoms with E-state index in [0.29, 0.717) is 19.4 Å². The lowest BCUT2D eigenvalue weighted by Crippen LogP contribution is -2.45. The highest BCUT2D eigenvalue weighted by atomic mass is 16.5. The topological polar surface area (TPSA) is 95.9 Å². The fourth-order valence-corrected chi connectivity index (χ4v) is 10.4. The van der Waals surface area contributed by atoms with Crippen LogP contribution >= 0.6 is 0 Å². The van der Waals surface area contributed by atoms with Gasteiger partial charge in [-0.3, -0.25) is 9.59 Å². The molecule has 1 amide bonds. The molecule has 6 heteroatoms. The monoisotopic (exact) mass is 1030 g/mol. The molecule has 0 aliphatic carbocycles. The zero-order chi connectivity index (χ0) is 52.9. The van der Waals surface area contributed by atoms with Crippen LogP contribution in [0.1, 0.15) is 367 Å². The molecular formula is C67H129NO5. The minimum absolute atomic E-state index is 0.00999. The summed E-state index contributed by atoms with van der Waals surface area (Å²) >= 11 is 0. The zero-order valence-electron chi connectivity index (χ0n) is 49.4. The van der Waals surface area contributed by atoms with Gasteiger partial charge in [0.1, 0.15) is 0 Å². The third-order valence-electron chi connectivity index (χ3n) is 15.5. The van der Waals surface area contributed by atoms with Gasteiger partial charge in [0.15, 0.2) is 0 Å². The number of hydrogen-bond donors (Lipinski definition) is 3. The predicted molar refractivity (Wildman–Crippen MR) is 320 cm³/mol. The van der Waals surface area contributed by atoms with Crippen LogP contribution in [0.25, 0.3) is 0 Å². The first-order chi connectivity index (χ1) is 36.0. The van der Waals surface area contributed by atoms with E-state index in [0.717, 1.165) is 44.9 Å². The molecule has 2 unspecified atom stereocenters. The second-order valence-corrected chi connectivity index (χ2v) is 22.8. The number of ether oxygens (including phenoxy) is 1. The Labute approximate surface area is 456 Å². The van der Waals surface area contributed by atoms with Crippen LogP contribution in [-0.2, 0) is 14.3 Å². The number of aliphatic hydroxyl groups excluding tert-OH is 2. The minimum atomic E-state index is -0.845. The molecule has 0 saturated heterocycles. The largest absolute Gasteiger partial charge is 0.466 e. The number of carbonyl (C=O) groups is 2. The molecule has 0 radical (unpaired) electrons. The van der Waals surface area contributed by atoms with E-state index in [1.165, 1.54) is 295 Å². The van der Waals surface area contributed by atoms with Gasteiger partial charge in [-0.05, 0) is 57.8 Å². The molecule has 0 rings (SSSR count). The summed E-state index contributed by atoms with van der Waals surface area (Å²) in [7, 11) is 0. The van der Waals surface area contributed by atoms with E-state index < -0.39 is 12.1 Å². The summed E-state index contributed by atoms with van der Waals surface area (Å²) < 4.78 is 5.50. The van der Waals surface area contributed by atoms with Crippen molar-refractivity contribution in [2.24, 2.45) is 0 Å². The summed E-state index contributed by atoms with van der Waals surface area (Å²) in [5.41, 5.74) is 0. The molecule has 0 spiro atoms. The lowest BCUT2D eigenvalue weighted by molar-refractivity contribution is -0.143. The Morgan fingerprint density at radius 2 is 0.644 bits per heavy atom. The van der Waals surface area contributed by atoms with Crippen molar-refractivity contribution >= 4 is 11.9 Å². The maximum atomic E-state index is 12.5. The van der Waals surface area contributed by atoms with Crippen LogP contribution in [0.4, 0.5) is 0 Å². The van der Waals surface area contributed by atoms with E-state index >= 15 is 0 Å². The first kappa shape index (κ1) is 71.3. The number of hydrogen-bond acceptors (Lipinski definition) is 5. The third kappa shape index (κ3) is 59.4. The number of nitrogens with one attached hydrogen (secondary N) is 1. The molecule has 2 atom stereocenters. The number of amides is 1. The summed E-state index contributed by atoms with van der Waals surface area (Å²) in [6.45, 7) is 4.93. The Morgan fingerprint density at radius 1 is 0.370 bits per heavy atom. The first-order valence-electron chi connectivity index (χ1n) is 33.1. The molecule has 0 aromatic carbocycles. The normalized spacial score (nSPS) is 12.7. The molecule has 0 saturated carbocycles. The SMILES string of the molecule is CCCCCCCC/C=C\CCCCCCCCCC(=O)OCCCCCCCCCCCCCCCCCCCCCCCCC(=O)NC(CO)C(O)/C=C/CCCCCCCCCCCCCCCCC. The molecular weight excluding hydrogens is 899 g/mol. The standard InChI is InChI=1S/C67H129NO5/c1-3-5-7-9-11-13-15-17-19-27-31-35-39-43-47-51-55-59-65(70)64(63-69)68-66(71)60-56-52-48-44-40-36-32-29-25-23-21-22-24-26-30-34-38-42-46-50-54-58-62-73-67(72)61-57-53-49-45-41-37-33-28-20-18-16-14-12-10-8-6-4-2/h18,20,55,59,64-65,69-70H,3-17,19,21-54,56-58,60-63H2,1-2H3,(H,68,71)/b20-18-,59-55+. The summed E-state index contributed by atoms with van der Waals surface area (Å²) in [5, 5.41) is 23.2. The van der Waals surface area contributed by atoms with E-state index in [4.69, 9.17) is 4.74 Å². The van der Waals surface area contributed by atoms with E-state index in [1.54, 1.807) is 6.08 Å². The smallest absolute Gasteiger partial charge is 0.305 e. The van der Waals surface area contributed by atoms with E-state index in [9.17, 15) is 19.8 Å². The number of rotatable bonds is 62. The molecule has 0 aliphatic heterocycles. The van der Waals surface area contributed by atoms with Crippen LogP contribution in [0.2, 0.25) is 0 Å². The quantitative estimate of drug-likeness (QED) is 0.0320. The molecule has 73 heavy (non-hydrogen) atoms. The summed E-state index contributed by atoms with van der Waals surface area (Å²) in [4.78, 5) is 24.6. The van der Waals surface area contributed by atoms with Crippen LogP contribution in [0.15, 0.2) is 24.3 Å². The number of esters is 1. The zero-order valence-corrected chi connectivity index (χ0v) is 49.4. The van der Waals surface area contributed by atoms with E-state index in [1.807, 2.05) is 6.08 Å². The highest BCUT2D eigenvalue weighted by Crippen LogP contribution is 2.18. The van der Waals surface area contributed by atoms with Gasteiger partial charge in [0.2, 0.25) is 5.91 Å². The average Bonchev–Trinajstić information content (AvgIpc) is 3.39. The van der Waals surface area contributed by atoms with Crippen LogP contribution in [-0.4, -0.2) is 47.4 Å². The van der Waals surface area contributed by atoms with Crippen molar-refractivity contribution in [3.05, 3.63) is 24.3 Å². The lowest BCUT2D eigenvalue weighted by Gasteiger charge is -2.20. The van der Waals surface area contributed by atoms with Gasteiger partial charge in [-0.1, -0.05) is 321 Å². The van der Waals surface area contributed by atoms with Gasteiger partial charge >= 0.3 is 5.97 Å². The summed E-state index contributed by atoms with van der Waals surface area (Å²) in [6.07, 6.45) is 78.0. The Morgan fingerprint density at radius 3 is 0.973 bits per heavy atom. The van der Waals surface area contributed by atoms with Crippen molar-refractivity contribution in [1.82, 2.24) is 5.32 Å². The van der Waals surface area contributed by atoms with Gasteiger partial charge in [-0.25, -0.2) is 0 Å². The maximum absolute atomic E-state index is 12.5. The Bertz CT molecular complexity index is 1140. The number of aliphatic hydroxyl groups is 2. The van der Waals surface area contributed by atoms with Crippen LogP contribution in [0.3, 0.4) is 0 Å². The number of unbranched alkanes of at least 4 members (excludes halogenated alkanes) is 49. The predicted octanol–water partition coefficient (Wildman–Crippen LogP) is 21.0. The van der Waals surface area contributed by atoms with Gasteiger partial charge in [0.25, 0.3) is 0 Å². The Hall–Kier alpha value is -1.66. The van der Waals surface area contributed by atoms with Crippen molar-refractivity contribution < 1.29 is 24.5 Å². The lowest BCUT2D eigenvalue weighted by atomic mass is 10.0. The minimum Gasteiger partial charge on any atom is -0.466 e. The fourth-order valence-electron chi connectivity index (χ4n) is 10.4. The Balaban J connectivity index is 3.39. The van der Waals surface area contributed by atoms with Gasteiger partial charge in [-0.15, -0.1) is 0 Å². The second kappa shape index (κ2) is 62.9. The second-order valence-electron chi connectivity index (χ2n) is 22.8. The molecule has 0 fully saturated rings. The third-order valence-corrected chi connectivity index (χ3v) is 15.5. The molecule has 432 valence electrons. The highest BCUT2D eigenvalue weighted by Gasteiger charge is 2.18. The Kier molecular flexibility index (Phi) is 61.4. The number of carbonyl (C=O) groups excluding carboxylic acids is 2. The molecule has 0 aromatic rings. The summed E-state index contributed by atoms with van der Waals surface area (Å²) in [5.74, 6) is -0.0555. The van der Waals surface area contributed by atoms with Crippen LogP contribution in [0, 0.1) is 0 Å². The van der Waals surface area contributed by atoms with Crippen molar-refractivity contribution in [3.63, 3.8) is 0 Å². The molecule has 0 heterocycles. The van der Waals surface area contributed by atoms with Gasteiger partial charge in [0, 0.05) is 12.8 Å². The van der Waals surface area contributed by atoms with Gasteiger partial charge < -0.3 is 20.3 Å². The fraction of sp³-hybridized carbons (Fsp3) is 0.910. The van der Waals surface area contributed by atoms with Crippen molar-refractivity contribution in [3.8, 4) is 0 Å². The van der Waals surface area contributed by atoms with Gasteiger partial charge in [0.05, 0.1) is 25.4 Å².